The second kappa shape index (κ2) is 11.6. The van der Waals surface area contributed by atoms with Gasteiger partial charge in [0.2, 0.25) is 0 Å². The van der Waals surface area contributed by atoms with Gasteiger partial charge in [-0.3, -0.25) is 0 Å². The fraction of sp³-hybridized carbons (Fsp3) is 0.667. The molecule has 2 rings (SSSR count). The van der Waals surface area contributed by atoms with Crippen LogP contribution in [0.2, 0.25) is 0 Å². The van der Waals surface area contributed by atoms with Gasteiger partial charge in [0.1, 0.15) is 0 Å². The Balaban J connectivity index is 0. The van der Waals surface area contributed by atoms with Crippen molar-refractivity contribution in [1.29, 1.82) is 0 Å². The summed E-state index contributed by atoms with van der Waals surface area (Å²) in [6.45, 7) is 2.27. The van der Waals surface area contributed by atoms with E-state index >= 15 is 0 Å². The minimum absolute atomic E-state index is 0. The fourth-order valence-corrected chi connectivity index (χ4v) is 2.74. The van der Waals surface area contributed by atoms with Crippen LogP contribution in [0.5, 0.6) is 0 Å². The van der Waals surface area contributed by atoms with Gasteiger partial charge in [0, 0.05) is 0 Å². The van der Waals surface area contributed by atoms with Gasteiger partial charge in [-0.1, -0.05) is 64.2 Å². The summed E-state index contributed by atoms with van der Waals surface area (Å²) in [6, 6.07) is 7.19. The minimum atomic E-state index is 0. The van der Waals surface area contributed by atoms with Crippen LogP contribution in [0.1, 0.15) is 68.9 Å². The van der Waals surface area contributed by atoms with Crippen LogP contribution in [-0.2, 0) is 32.6 Å². The molecule has 1 saturated carbocycles. The average Bonchev–Trinajstić information content (AvgIpc) is 2.76. The third kappa shape index (κ3) is 6.31. The van der Waals surface area contributed by atoms with Crippen molar-refractivity contribution < 1.29 is 51.0 Å². The summed E-state index contributed by atoms with van der Waals surface area (Å²) in [5.41, 5.74) is 3.19. The zero-order chi connectivity index (χ0) is 10.5. The Morgan fingerprint density at radius 2 is 1.83 bits per heavy atom. The fourth-order valence-electron chi connectivity index (χ4n) is 2.74. The maximum atomic E-state index is 2.46. The van der Waals surface area contributed by atoms with Crippen molar-refractivity contribution in [2.75, 3.05) is 0 Å². The Bertz CT molecular complexity index is 290. The van der Waals surface area contributed by atoms with Crippen LogP contribution in [0.4, 0.5) is 0 Å². The Morgan fingerprint density at radius 3 is 2.44 bits per heavy atom. The van der Waals surface area contributed by atoms with E-state index < -0.39 is 0 Å². The van der Waals surface area contributed by atoms with Crippen LogP contribution in [0.15, 0.2) is 18.2 Å². The molecule has 0 aliphatic heterocycles. The third-order valence-corrected chi connectivity index (χ3v) is 3.74. The molecule has 0 heterocycles. The van der Waals surface area contributed by atoms with Gasteiger partial charge in [-0.2, -0.15) is 23.3 Å². The summed E-state index contributed by atoms with van der Waals surface area (Å²) in [4.78, 5) is 0. The van der Waals surface area contributed by atoms with Crippen LogP contribution in [0.25, 0.3) is 0 Å². The molecule has 18 heavy (non-hydrogen) atoms. The smallest absolute Gasteiger partial charge is 1.00 e. The van der Waals surface area contributed by atoms with E-state index in [0.29, 0.717) is 0 Å². The summed E-state index contributed by atoms with van der Waals surface area (Å²) in [5.74, 6) is 0.883. The SMILES string of the molecule is CCCC[c-]1ccc(C2CCCCC2)c1.[Cl-].[Cl-].[Zr+3]. The summed E-state index contributed by atoms with van der Waals surface area (Å²) < 4.78 is 0. The van der Waals surface area contributed by atoms with E-state index in [0.717, 1.165) is 5.92 Å². The van der Waals surface area contributed by atoms with Gasteiger partial charge in [0.05, 0.1) is 0 Å². The summed E-state index contributed by atoms with van der Waals surface area (Å²) in [5, 5.41) is 0. The predicted molar refractivity (Wildman–Crippen MR) is 66.5 cm³/mol. The number of hydrogen-bond acceptors (Lipinski definition) is 0. The van der Waals surface area contributed by atoms with Crippen molar-refractivity contribution in [3.63, 3.8) is 0 Å². The van der Waals surface area contributed by atoms with Crippen molar-refractivity contribution >= 4 is 0 Å². The van der Waals surface area contributed by atoms with Gasteiger partial charge < -0.3 is 24.8 Å². The number of unbranched alkanes of at least 4 members (excludes halogenated alkanes) is 1. The summed E-state index contributed by atoms with van der Waals surface area (Å²) >= 11 is 0. The number of hydrogen-bond donors (Lipinski definition) is 0. The van der Waals surface area contributed by atoms with Gasteiger partial charge in [-0.25, -0.2) is 6.07 Å². The van der Waals surface area contributed by atoms with E-state index in [2.05, 4.69) is 25.1 Å². The van der Waals surface area contributed by atoms with Crippen LogP contribution >= 0.6 is 0 Å². The Labute approximate surface area is 144 Å². The molecule has 1 aromatic carbocycles. The molecule has 0 saturated heterocycles. The topological polar surface area (TPSA) is 0 Å². The molecule has 0 spiro atoms. The molecule has 1 aliphatic carbocycles. The molecule has 0 nitrogen and oxygen atoms in total. The normalized spacial score (nSPS) is 15.2. The van der Waals surface area contributed by atoms with Gasteiger partial charge in [-0.15, -0.1) is 0 Å². The van der Waals surface area contributed by atoms with Crippen molar-refractivity contribution in [2.24, 2.45) is 0 Å². The molecular weight excluding hydrogens is 342 g/mol. The van der Waals surface area contributed by atoms with Crippen LogP contribution < -0.4 is 24.8 Å². The van der Waals surface area contributed by atoms with Crippen LogP contribution in [0.3, 0.4) is 0 Å². The maximum Gasteiger partial charge on any atom is 3.00 e. The first-order valence-corrected chi connectivity index (χ1v) is 6.65. The molecule has 1 aliphatic rings. The molecule has 0 aromatic heterocycles. The zero-order valence-electron chi connectivity index (χ0n) is 11.2. The Morgan fingerprint density at radius 1 is 1.17 bits per heavy atom. The average molecular weight is 365 g/mol. The molecule has 1 radical (unpaired) electrons. The van der Waals surface area contributed by atoms with Gasteiger partial charge in [0.25, 0.3) is 0 Å². The van der Waals surface area contributed by atoms with E-state index in [1.807, 2.05) is 0 Å². The van der Waals surface area contributed by atoms with Gasteiger partial charge in [0.15, 0.2) is 0 Å². The monoisotopic (exact) mass is 363 g/mol. The number of halogens is 2. The van der Waals surface area contributed by atoms with Crippen LogP contribution in [0, 0.1) is 0 Å². The standard InChI is InChI=1S/C15H23.2ClH.Zr/c1-2-3-7-13-10-11-15(12-13)14-8-5-4-6-9-14;;;/h10-12,14H,2-9H2,1H3;2*1H;/q-1;;;+3/p-2. The van der Waals surface area contributed by atoms with Crippen molar-refractivity contribution in [3.05, 3.63) is 29.3 Å². The third-order valence-electron chi connectivity index (χ3n) is 3.74. The van der Waals surface area contributed by atoms with E-state index in [1.54, 1.807) is 11.1 Å². The molecule has 0 N–H and O–H groups in total. The summed E-state index contributed by atoms with van der Waals surface area (Å²) in [6.07, 6.45) is 11.1. The quantitative estimate of drug-likeness (QED) is 0.589. The van der Waals surface area contributed by atoms with E-state index in [4.69, 9.17) is 0 Å². The largest absolute Gasteiger partial charge is 3.00 e. The second-order valence-corrected chi connectivity index (χ2v) is 4.99. The molecular formula is C15H23Cl2Zr. The Kier molecular flexibility index (Phi) is 13.6. The van der Waals surface area contributed by atoms with Gasteiger partial charge in [-0.05, 0) is 0 Å². The predicted octanol–water partition coefficient (Wildman–Crippen LogP) is -1.20. The molecule has 0 bridgehead atoms. The molecule has 1 aromatic rings. The molecule has 0 atom stereocenters. The van der Waals surface area contributed by atoms with Crippen molar-refractivity contribution in [1.82, 2.24) is 0 Å². The first-order valence-electron chi connectivity index (χ1n) is 6.65. The summed E-state index contributed by atoms with van der Waals surface area (Å²) in [7, 11) is 0. The maximum absolute atomic E-state index is 2.46. The molecule has 101 valence electrons. The first kappa shape index (κ1) is 21.1. The first-order chi connectivity index (χ1) is 7.40. The number of aryl methyl sites for hydroxylation is 1. The molecule has 0 unspecified atom stereocenters. The number of rotatable bonds is 4. The van der Waals surface area contributed by atoms with E-state index in [-0.39, 0.29) is 51.0 Å². The van der Waals surface area contributed by atoms with Gasteiger partial charge >= 0.3 is 26.2 Å². The zero-order valence-corrected chi connectivity index (χ0v) is 15.2. The molecule has 0 amide bonds. The van der Waals surface area contributed by atoms with Crippen molar-refractivity contribution in [3.8, 4) is 0 Å². The molecule has 3 heteroatoms. The Hall–Kier alpha value is 0.813. The molecule has 1 fully saturated rings. The second-order valence-electron chi connectivity index (χ2n) is 4.99. The van der Waals surface area contributed by atoms with E-state index in [9.17, 15) is 0 Å². The van der Waals surface area contributed by atoms with Crippen LogP contribution in [-0.4, -0.2) is 0 Å². The minimum Gasteiger partial charge on any atom is -1.00 e. The van der Waals surface area contributed by atoms with Crippen molar-refractivity contribution in [2.45, 2.75) is 64.2 Å². The van der Waals surface area contributed by atoms with E-state index in [1.165, 1.54) is 51.4 Å².